The number of hydrogen-bond acceptors (Lipinski definition) is 4. The van der Waals surface area contributed by atoms with E-state index in [1.807, 2.05) is 19.1 Å². The maximum atomic E-state index is 12.4. The van der Waals surface area contributed by atoms with Gasteiger partial charge in [0.1, 0.15) is 0 Å². The van der Waals surface area contributed by atoms with E-state index < -0.39 is 10.0 Å². The summed E-state index contributed by atoms with van der Waals surface area (Å²) < 4.78 is 25.5. The van der Waals surface area contributed by atoms with E-state index in [0.717, 1.165) is 24.7 Å². The first kappa shape index (κ1) is 19.2. The lowest BCUT2D eigenvalue weighted by atomic mass is 10.1. The minimum absolute atomic E-state index is 0.0932. The van der Waals surface area contributed by atoms with Crippen LogP contribution in [-0.4, -0.2) is 69.5 Å². The van der Waals surface area contributed by atoms with Crippen molar-refractivity contribution < 1.29 is 18.0 Å². The highest BCUT2D eigenvalue weighted by Gasteiger charge is 2.23. The van der Waals surface area contributed by atoms with Crippen LogP contribution in [0.4, 0.5) is 5.69 Å². The fraction of sp³-hybridized carbons (Fsp3) is 0.529. The van der Waals surface area contributed by atoms with Gasteiger partial charge in [0.15, 0.2) is 0 Å². The molecule has 0 unspecified atom stereocenters. The van der Waals surface area contributed by atoms with Crippen LogP contribution in [0.3, 0.4) is 0 Å². The highest BCUT2D eigenvalue weighted by molar-refractivity contribution is 7.92. The van der Waals surface area contributed by atoms with E-state index in [4.69, 9.17) is 0 Å². The van der Waals surface area contributed by atoms with Crippen molar-refractivity contribution in [3.63, 3.8) is 0 Å². The van der Waals surface area contributed by atoms with Crippen LogP contribution in [0.1, 0.15) is 18.9 Å². The maximum Gasteiger partial charge on any atom is 0.232 e. The van der Waals surface area contributed by atoms with Gasteiger partial charge in [-0.25, -0.2) is 8.42 Å². The van der Waals surface area contributed by atoms with Gasteiger partial charge >= 0.3 is 0 Å². The van der Waals surface area contributed by atoms with Crippen molar-refractivity contribution >= 4 is 28.0 Å². The molecule has 0 aliphatic carbocycles. The predicted octanol–water partition coefficient (Wildman–Crippen LogP) is 0.706. The normalized spacial score (nSPS) is 15.1. The number of carbonyl (C=O) groups excluding carboxylic acids is 2. The summed E-state index contributed by atoms with van der Waals surface area (Å²) in [5, 5.41) is 0. The number of rotatable bonds is 7. The van der Waals surface area contributed by atoms with E-state index in [-0.39, 0.29) is 18.9 Å². The summed E-state index contributed by atoms with van der Waals surface area (Å²) in [4.78, 5) is 26.4. The summed E-state index contributed by atoms with van der Waals surface area (Å²) >= 11 is 0. The Kier molecular flexibility index (Phi) is 6.41. The van der Waals surface area contributed by atoms with Gasteiger partial charge in [0.2, 0.25) is 22.3 Å². The number of hydrogen-bond donors (Lipinski definition) is 0. The molecule has 7 nitrogen and oxygen atoms in total. The lowest BCUT2D eigenvalue weighted by Crippen LogP contribution is -2.48. The minimum Gasteiger partial charge on any atom is -0.342 e. The third-order valence-electron chi connectivity index (χ3n) is 4.38. The molecular weight excluding hydrogens is 342 g/mol. The first-order valence-electron chi connectivity index (χ1n) is 8.39. The van der Waals surface area contributed by atoms with Crippen LogP contribution in [-0.2, 0) is 26.0 Å². The molecule has 2 rings (SSSR count). The molecule has 0 aromatic heterocycles. The Morgan fingerprint density at radius 3 is 2.24 bits per heavy atom. The van der Waals surface area contributed by atoms with Crippen LogP contribution in [0, 0.1) is 0 Å². The Balaban J connectivity index is 2.00. The Morgan fingerprint density at radius 2 is 1.76 bits per heavy atom. The van der Waals surface area contributed by atoms with Crippen LogP contribution >= 0.6 is 0 Å². The highest BCUT2D eigenvalue weighted by atomic mass is 32.2. The summed E-state index contributed by atoms with van der Waals surface area (Å²) in [5.41, 5.74) is 1.69. The Labute approximate surface area is 149 Å². The molecule has 1 aliphatic rings. The van der Waals surface area contributed by atoms with Gasteiger partial charge < -0.3 is 9.80 Å². The van der Waals surface area contributed by atoms with Crippen molar-refractivity contribution in [2.75, 3.05) is 43.3 Å². The number of piperazine rings is 1. The van der Waals surface area contributed by atoms with Crippen LogP contribution in [0.2, 0.25) is 0 Å². The Hall–Kier alpha value is -2.09. The average molecular weight is 367 g/mol. The zero-order valence-corrected chi connectivity index (χ0v) is 15.5. The van der Waals surface area contributed by atoms with E-state index in [9.17, 15) is 18.0 Å². The summed E-state index contributed by atoms with van der Waals surface area (Å²) in [6.07, 6.45) is 2.93. The molecule has 0 N–H and O–H groups in total. The number of nitrogens with zero attached hydrogens (tertiary/aromatic N) is 3. The smallest absolute Gasteiger partial charge is 0.232 e. The SMILES string of the molecule is CCc1ccc(N(CCC(=O)N2CCN(C=O)CC2)S(C)(=O)=O)cc1. The molecule has 0 spiro atoms. The van der Waals surface area contributed by atoms with Gasteiger partial charge in [0.05, 0.1) is 11.9 Å². The standard InChI is InChI=1S/C17H25N3O4S/c1-3-15-4-6-16(7-5-15)20(25(2,23)24)9-8-17(22)19-12-10-18(14-21)11-13-19/h4-7,14H,3,8-13H2,1-2H3. The van der Waals surface area contributed by atoms with E-state index in [1.165, 1.54) is 4.31 Å². The molecule has 8 heteroatoms. The fourth-order valence-corrected chi connectivity index (χ4v) is 3.74. The number of carbonyl (C=O) groups is 2. The van der Waals surface area contributed by atoms with Crippen molar-refractivity contribution in [1.82, 2.24) is 9.80 Å². The number of aryl methyl sites for hydroxylation is 1. The third kappa shape index (κ3) is 5.19. The van der Waals surface area contributed by atoms with Crippen LogP contribution in [0.25, 0.3) is 0 Å². The quantitative estimate of drug-likeness (QED) is 0.665. The molecule has 1 heterocycles. The van der Waals surface area contributed by atoms with Crippen molar-refractivity contribution in [3.05, 3.63) is 29.8 Å². The zero-order chi connectivity index (χ0) is 18.4. The summed E-state index contributed by atoms with van der Waals surface area (Å²) in [7, 11) is -3.47. The molecule has 25 heavy (non-hydrogen) atoms. The molecule has 0 atom stereocenters. The molecule has 1 aliphatic heterocycles. The first-order chi connectivity index (χ1) is 11.8. The van der Waals surface area contributed by atoms with Crippen LogP contribution in [0.5, 0.6) is 0 Å². The van der Waals surface area contributed by atoms with E-state index in [1.54, 1.807) is 21.9 Å². The van der Waals surface area contributed by atoms with Crippen molar-refractivity contribution in [2.24, 2.45) is 0 Å². The van der Waals surface area contributed by atoms with Crippen molar-refractivity contribution in [2.45, 2.75) is 19.8 Å². The zero-order valence-electron chi connectivity index (χ0n) is 14.7. The molecule has 2 amide bonds. The highest BCUT2D eigenvalue weighted by Crippen LogP contribution is 2.19. The van der Waals surface area contributed by atoms with Gasteiger partial charge in [0.25, 0.3) is 0 Å². The van der Waals surface area contributed by atoms with Gasteiger partial charge in [-0.3, -0.25) is 13.9 Å². The summed E-state index contributed by atoms with van der Waals surface area (Å²) in [6.45, 7) is 4.15. The molecule has 1 aromatic rings. The second-order valence-electron chi connectivity index (χ2n) is 6.13. The second-order valence-corrected chi connectivity index (χ2v) is 8.03. The molecule has 0 bridgehead atoms. The number of anilines is 1. The summed E-state index contributed by atoms with van der Waals surface area (Å²) in [5.74, 6) is -0.0932. The van der Waals surface area contributed by atoms with Gasteiger partial charge in [-0.05, 0) is 24.1 Å². The number of amides is 2. The monoisotopic (exact) mass is 367 g/mol. The van der Waals surface area contributed by atoms with Gasteiger partial charge in [-0.1, -0.05) is 19.1 Å². The van der Waals surface area contributed by atoms with Crippen LogP contribution in [0.15, 0.2) is 24.3 Å². The van der Waals surface area contributed by atoms with Gasteiger partial charge in [-0.2, -0.15) is 0 Å². The average Bonchev–Trinajstić information content (AvgIpc) is 2.61. The Morgan fingerprint density at radius 1 is 1.16 bits per heavy atom. The van der Waals surface area contributed by atoms with Crippen molar-refractivity contribution in [1.29, 1.82) is 0 Å². The maximum absolute atomic E-state index is 12.4. The molecule has 138 valence electrons. The molecule has 1 saturated heterocycles. The second kappa shape index (κ2) is 8.33. The topological polar surface area (TPSA) is 78.0 Å². The molecular formula is C17H25N3O4S. The van der Waals surface area contributed by atoms with Gasteiger partial charge in [0, 0.05) is 39.1 Å². The Bertz CT molecular complexity index is 695. The van der Waals surface area contributed by atoms with E-state index in [0.29, 0.717) is 31.9 Å². The minimum atomic E-state index is -3.47. The fourth-order valence-electron chi connectivity index (χ4n) is 2.82. The summed E-state index contributed by atoms with van der Waals surface area (Å²) in [6, 6.07) is 7.34. The lowest BCUT2D eigenvalue weighted by molar-refractivity contribution is -0.134. The van der Waals surface area contributed by atoms with Crippen molar-refractivity contribution in [3.8, 4) is 0 Å². The predicted molar refractivity (Wildman–Crippen MR) is 96.8 cm³/mol. The largest absolute Gasteiger partial charge is 0.342 e. The number of sulfonamides is 1. The molecule has 1 fully saturated rings. The molecule has 0 radical (unpaired) electrons. The first-order valence-corrected chi connectivity index (χ1v) is 10.2. The van der Waals surface area contributed by atoms with Gasteiger partial charge in [-0.15, -0.1) is 0 Å². The molecule has 1 aromatic carbocycles. The molecule has 0 saturated carbocycles. The number of benzene rings is 1. The third-order valence-corrected chi connectivity index (χ3v) is 5.57. The van der Waals surface area contributed by atoms with Crippen LogP contribution < -0.4 is 4.31 Å². The lowest BCUT2D eigenvalue weighted by Gasteiger charge is -2.33. The van der Waals surface area contributed by atoms with E-state index in [2.05, 4.69) is 0 Å². The van der Waals surface area contributed by atoms with E-state index >= 15 is 0 Å².